The molecule has 0 fully saturated rings. The van der Waals surface area contributed by atoms with Crippen LogP contribution in [0.4, 0.5) is 11.4 Å². The lowest BCUT2D eigenvalue weighted by Crippen LogP contribution is -2.43. The maximum atomic E-state index is 12.8. The van der Waals surface area contributed by atoms with Crippen LogP contribution in [0.1, 0.15) is 25.0 Å². The minimum Gasteiger partial charge on any atom is -0.449 e. The van der Waals surface area contributed by atoms with Crippen LogP contribution in [0.15, 0.2) is 54.6 Å². The maximum Gasteiger partial charge on any atom is 0.331 e. The van der Waals surface area contributed by atoms with E-state index in [1.807, 2.05) is 31.2 Å². The Hall–Kier alpha value is -3.48. The van der Waals surface area contributed by atoms with E-state index < -0.39 is 17.0 Å². The molecule has 0 aromatic heterocycles. The highest BCUT2D eigenvalue weighted by molar-refractivity contribution is 6.00. The van der Waals surface area contributed by atoms with Crippen LogP contribution < -0.4 is 4.90 Å². The minimum atomic E-state index is -0.928. The average Bonchev–Trinajstić information content (AvgIpc) is 3.01. The lowest BCUT2D eigenvalue weighted by molar-refractivity contribution is -0.384. The van der Waals surface area contributed by atoms with E-state index >= 15 is 0 Å². The molecule has 144 valence electrons. The molecule has 7 heteroatoms. The Morgan fingerprint density at radius 3 is 2.57 bits per heavy atom. The van der Waals surface area contributed by atoms with Gasteiger partial charge >= 0.3 is 5.97 Å². The molecule has 0 bridgehead atoms. The first-order chi connectivity index (χ1) is 13.4. The van der Waals surface area contributed by atoms with Crippen molar-refractivity contribution in [3.8, 4) is 0 Å². The van der Waals surface area contributed by atoms with Crippen LogP contribution in [0.3, 0.4) is 0 Å². The fourth-order valence-electron chi connectivity index (χ4n) is 3.23. The quantitative estimate of drug-likeness (QED) is 0.343. The molecule has 2 aromatic rings. The molecule has 1 aliphatic heterocycles. The summed E-state index contributed by atoms with van der Waals surface area (Å²) in [6.45, 7) is 3.51. The summed E-state index contributed by atoms with van der Waals surface area (Å²) in [5.74, 6) is -0.922. The van der Waals surface area contributed by atoms with E-state index in [0.29, 0.717) is 5.56 Å². The molecule has 0 saturated carbocycles. The van der Waals surface area contributed by atoms with Gasteiger partial charge in [0.15, 0.2) is 6.10 Å². The summed E-state index contributed by atoms with van der Waals surface area (Å²) in [4.78, 5) is 36.7. The fourth-order valence-corrected chi connectivity index (χ4v) is 3.23. The van der Waals surface area contributed by atoms with Crippen molar-refractivity contribution in [1.29, 1.82) is 0 Å². The van der Waals surface area contributed by atoms with Gasteiger partial charge in [0.2, 0.25) is 0 Å². The molecule has 1 heterocycles. The molecule has 7 nitrogen and oxygen atoms in total. The number of para-hydroxylation sites is 1. The van der Waals surface area contributed by atoms with Crippen molar-refractivity contribution >= 4 is 29.3 Å². The Morgan fingerprint density at radius 1 is 1.21 bits per heavy atom. The summed E-state index contributed by atoms with van der Waals surface area (Å²) < 4.78 is 5.25. The van der Waals surface area contributed by atoms with Gasteiger partial charge in [-0.15, -0.1) is 0 Å². The molecular weight excluding hydrogens is 360 g/mol. The van der Waals surface area contributed by atoms with Gasteiger partial charge in [0, 0.05) is 29.9 Å². The lowest BCUT2D eigenvalue weighted by atomic mass is 10.1. The van der Waals surface area contributed by atoms with Crippen molar-refractivity contribution in [1.82, 2.24) is 0 Å². The van der Waals surface area contributed by atoms with Crippen molar-refractivity contribution in [3.05, 3.63) is 75.8 Å². The molecule has 2 atom stereocenters. The molecule has 0 radical (unpaired) electrons. The number of fused-ring (bicyclic) bond motifs is 1. The molecule has 0 saturated heterocycles. The molecule has 0 unspecified atom stereocenters. The normalized spacial score (nSPS) is 16.6. The molecule has 1 amide bonds. The zero-order valence-corrected chi connectivity index (χ0v) is 15.6. The van der Waals surface area contributed by atoms with E-state index in [-0.39, 0.29) is 17.6 Å². The maximum absolute atomic E-state index is 12.8. The molecule has 28 heavy (non-hydrogen) atoms. The number of ether oxygens (including phenoxy) is 1. The Balaban J connectivity index is 1.62. The number of benzene rings is 2. The third-order valence-electron chi connectivity index (χ3n) is 4.60. The van der Waals surface area contributed by atoms with Gasteiger partial charge in [0.05, 0.1) is 4.92 Å². The number of hydrogen-bond donors (Lipinski definition) is 0. The van der Waals surface area contributed by atoms with E-state index in [1.165, 1.54) is 36.4 Å². The van der Waals surface area contributed by atoms with Crippen LogP contribution in [0.5, 0.6) is 0 Å². The van der Waals surface area contributed by atoms with E-state index in [2.05, 4.69) is 0 Å². The van der Waals surface area contributed by atoms with Crippen molar-refractivity contribution in [2.24, 2.45) is 0 Å². The number of non-ortho nitro benzene ring substituents is 1. The van der Waals surface area contributed by atoms with Gasteiger partial charge in [-0.25, -0.2) is 4.79 Å². The number of carbonyl (C=O) groups excluding carboxylic acids is 2. The molecule has 0 spiro atoms. The number of amides is 1. The Labute approximate surface area is 162 Å². The number of nitro benzene ring substituents is 1. The van der Waals surface area contributed by atoms with Gasteiger partial charge in [-0.2, -0.15) is 0 Å². The standard InChI is InChI=1S/C21H20N2O5/c1-14-13-17-5-3-4-6-19(17)22(14)21(25)15(2)28-20(24)12-9-16-7-10-18(11-8-16)23(26)27/h3-12,14-15H,13H2,1-2H3/b12-9+/t14-,15-/m1/s1. The van der Waals surface area contributed by atoms with Crippen molar-refractivity contribution in [2.45, 2.75) is 32.4 Å². The second-order valence-corrected chi connectivity index (χ2v) is 6.65. The minimum absolute atomic E-state index is 0.00158. The van der Waals surface area contributed by atoms with Crippen molar-refractivity contribution < 1.29 is 19.2 Å². The van der Waals surface area contributed by atoms with E-state index in [9.17, 15) is 19.7 Å². The van der Waals surface area contributed by atoms with E-state index in [1.54, 1.807) is 11.8 Å². The van der Waals surface area contributed by atoms with Gasteiger partial charge in [0.1, 0.15) is 0 Å². The second kappa shape index (κ2) is 8.04. The number of nitro groups is 1. The van der Waals surface area contributed by atoms with Crippen LogP contribution in [0.2, 0.25) is 0 Å². The van der Waals surface area contributed by atoms with Crippen LogP contribution in [0, 0.1) is 10.1 Å². The first-order valence-electron chi connectivity index (χ1n) is 8.91. The number of carbonyl (C=O) groups is 2. The number of nitrogens with zero attached hydrogens (tertiary/aromatic N) is 2. The molecule has 0 N–H and O–H groups in total. The third kappa shape index (κ3) is 4.09. The SMILES string of the molecule is C[C@@H]1Cc2ccccc2N1C(=O)[C@@H](C)OC(=O)/C=C/c1ccc([N+](=O)[O-])cc1. The third-order valence-corrected chi connectivity index (χ3v) is 4.60. The van der Waals surface area contributed by atoms with Crippen LogP contribution in [-0.4, -0.2) is 28.9 Å². The Kier molecular flexibility index (Phi) is 5.54. The first-order valence-corrected chi connectivity index (χ1v) is 8.91. The summed E-state index contributed by atoms with van der Waals surface area (Å²) in [6.07, 6.45) is 2.52. The number of anilines is 1. The Morgan fingerprint density at radius 2 is 1.89 bits per heavy atom. The number of esters is 1. The van der Waals surface area contributed by atoms with Crippen molar-refractivity contribution in [3.63, 3.8) is 0 Å². The summed E-state index contributed by atoms with van der Waals surface area (Å²) in [5.41, 5.74) is 2.53. The second-order valence-electron chi connectivity index (χ2n) is 6.65. The van der Waals surface area contributed by atoms with Crippen LogP contribution in [0.25, 0.3) is 6.08 Å². The predicted molar refractivity (Wildman–Crippen MR) is 105 cm³/mol. The highest BCUT2D eigenvalue weighted by atomic mass is 16.6. The van der Waals surface area contributed by atoms with Crippen molar-refractivity contribution in [2.75, 3.05) is 4.90 Å². The van der Waals surface area contributed by atoms with Gasteiger partial charge in [-0.05, 0) is 55.7 Å². The monoisotopic (exact) mass is 380 g/mol. The van der Waals surface area contributed by atoms with Gasteiger partial charge in [0.25, 0.3) is 11.6 Å². The highest BCUT2D eigenvalue weighted by Crippen LogP contribution is 2.32. The zero-order valence-electron chi connectivity index (χ0n) is 15.6. The Bertz CT molecular complexity index is 936. The molecule has 1 aliphatic rings. The topological polar surface area (TPSA) is 89.8 Å². The van der Waals surface area contributed by atoms with Crippen LogP contribution in [-0.2, 0) is 20.7 Å². The average molecular weight is 380 g/mol. The summed E-state index contributed by atoms with van der Waals surface area (Å²) in [7, 11) is 0. The molecule has 0 aliphatic carbocycles. The first kappa shape index (κ1) is 19.3. The molecule has 3 rings (SSSR count). The molecule has 2 aromatic carbocycles. The summed E-state index contributed by atoms with van der Waals surface area (Å²) in [6, 6.07) is 13.4. The number of rotatable bonds is 5. The molecular formula is C21H20N2O5. The highest BCUT2D eigenvalue weighted by Gasteiger charge is 2.34. The van der Waals surface area contributed by atoms with Gasteiger partial charge in [-0.3, -0.25) is 14.9 Å². The van der Waals surface area contributed by atoms with Crippen LogP contribution >= 0.6 is 0 Å². The fraction of sp³-hybridized carbons (Fsp3) is 0.238. The lowest BCUT2D eigenvalue weighted by Gasteiger charge is -2.25. The zero-order chi connectivity index (χ0) is 20.3. The predicted octanol–water partition coefficient (Wildman–Crippen LogP) is 3.52. The van der Waals surface area contributed by atoms with E-state index in [4.69, 9.17) is 4.74 Å². The van der Waals surface area contributed by atoms with E-state index in [0.717, 1.165) is 17.7 Å². The summed E-state index contributed by atoms with van der Waals surface area (Å²) >= 11 is 0. The smallest absolute Gasteiger partial charge is 0.331 e. The number of hydrogen-bond acceptors (Lipinski definition) is 5. The largest absolute Gasteiger partial charge is 0.449 e. The van der Waals surface area contributed by atoms with Gasteiger partial charge < -0.3 is 9.64 Å². The van der Waals surface area contributed by atoms with Gasteiger partial charge in [-0.1, -0.05) is 18.2 Å². The summed E-state index contributed by atoms with van der Waals surface area (Å²) in [5, 5.41) is 10.7.